The Morgan fingerprint density at radius 1 is 1.03 bits per heavy atom. The summed E-state index contributed by atoms with van der Waals surface area (Å²) < 4.78 is 10.6. The molecular weight excluding hydrogens is 424 g/mol. The molecule has 0 spiro atoms. The number of hydrogen-bond donors (Lipinski definition) is 3. The number of amides is 3. The lowest BCUT2D eigenvalue weighted by Crippen LogP contribution is -2.53. The molecule has 0 saturated carbocycles. The second-order valence-electron chi connectivity index (χ2n) is 8.72. The van der Waals surface area contributed by atoms with E-state index in [4.69, 9.17) is 9.47 Å². The maximum atomic E-state index is 12.8. The largest absolute Gasteiger partial charge is 0.445 e. The first kappa shape index (κ1) is 26.6. The van der Waals surface area contributed by atoms with Crippen molar-refractivity contribution in [2.75, 3.05) is 39.4 Å². The molecule has 33 heavy (non-hydrogen) atoms. The van der Waals surface area contributed by atoms with Crippen LogP contribution in [-0.2, 0) is 25.7 Å². The number of alkyl carbamates (subject to hydrolysis) is 1. The van der Waals surface area contributed by atoms with E-state index >= 15 is 0 Å². The Morgan fingerprint density at radius 2 is 1.73 bits per heavy atom. The Kier molecular flexibility index (Phi) is 11.7. The average Bonchev–Trinajstić information content (AvgIpc) is 2.81. The highest BCUT2D eigenvalue weighted by Crippen LogP contribution is 2.07. The quantitative estimate of drug-likeness (QED) is 0.408. The molecule has 3 N–H and O–H groups in total. The van der Waals surface area contributed by atoms with Crippen molar-refractivity contribution in [1.82, 2.24) is 20.9 Å². The monoisotopic (exact) mass is 462 g/mol. The van der Waals surface area contributed by atoms with Gasteiger partial charge in [-0.25, -0.2) is 4.79 Å². The summed E-state index contributed by atoms with van der Waals surface area (Å²) in [5, 5.41) is 8.20. The highest BCUT2D eigenvalue weighted by molar-refractivity contribution is 5.91. The van der Waals surface area contributed by atoms with Crippen LogP contribution in [0.5, 0.6) is 0 Å². The Balaban J connectivity index is 1.74. The van der Waals surface area contributed by atoms with Gasteiger partial charge in [-0.3, -0.25) is 14.5 Å². The van der Waals surface area contributed by atoms with Crippen molar-refractivity contribution in [2.45, 2.75) is 52.3 Å². The van der Waals surface area contributed by atoms with Crippen LogP contribution in [0.3, 0.4) is 0 Å². The van der Waals surface area contributed by atoms with E-state index in [0.29, 0.717) is 13.0 Å². The van der Waals surface area contributed by atoms with Crippen molar-refractivity contribution >= 4 is 17.9 Å². The number of ether oxygens (including phenoxy) is 2. The number of carbonyl (C=O) groups is 3. The number of nitrogens with zero attached hydrogens (tertiary/aromatic N) is 1. The number of rotatable bonds is 12. The Hall–Kier alpha value is -2.65. The van der Waals surface area contributed by atoms with Crippen LogP contribution >= 0.6 is 0 Å². The van der Waals surface area contributed by atoms with Gasteiger partial charge in [0.1, 0.15) is 18.7 Å². The van der Waals surface area contributed by atoms with E-state index in [1.54, 1.807) is 6.92 Å². The van der Waals surface area contributed by atoms with E-state index in [1.807, 2.05) is 44.2 Å². The molecule has 0 radical (unpaired) electrons. The zero-order chi connectivity index (χ0) is 24.1. The van der Waals surface area contributed by atoms with Gasteiger partial charge in [0.05, 0.1) is 13.2 Å². The van der Waals surface area contributed by atoms with Crippen molar-refractivity contribution in [1.29, 1.82) is 0 Å². The van der Waals surface area contributed by atoms with E-state index in [0.717, 1.165) is 44.8 Å². The summed E-state index contributed by atoms with van der Waals surface area (Å²) in [6.45, 7) is 10.4. The summed E-state index contributed by atoms with van der Waals surface area (Å²) in [5.41, 5.74) is 0.858. The second kappa shape index (κ2) is 14.5. The number of carbonyl (C=O) groups excluding carboxylic acids is 3. The fourth-order valence-electron chi connectivity index (χ4n) is 3.48. The minimum atomic E-state index is -0.787. The molecule has 1 aromatic rings. The molecule has 1 aliphatic heterocycles. The van der Waals surface area contributed by atoms with E-state index in [-0.39, 0.29) is 18.4 Å². The summed E-state index contributed by atoms with van der Waals surface area (Å²) in [6.07, 6.45) is 0.594. The molecule has 9 heteroatoms. The lowest BCUT2D eigenvalue weighted by Gasteiger charge is -2.26. The average molecular weight is 463 g/mol. The molecule has 0 aliphatic carbocycles. The van der Waals surface area contributed by atoms with Crippen LogP contribution in [0.25, 0.3) is 0 Å². The third-order valence-electron chi connectivity index (χ3n) is 5.33. The molecule has 2 rings (SSSR count). The predicted molar refractivity (Wildman–Crippen MR) is 125 cm³/mol. The topological polar surface area (TPSA) is 109 Å². The van der Waals surface area contributed by atoms with Gasteiger partial charge in [0, 0.05) is 19.6 Å². The zero-order valence-electron chi connectivity index (χ0n) is 20.0. The molecule has 0 bridgehead atoms. The summed E-state index contributed by atoms with van der Waals surface area (Å²) >= 11 is 0. The molecule has 1 fully saturated rings. The van der Waals surface area contributed by atoms with Crippen molar-refractivity contribution in [3.05, 3.63) is 35.9 Å². The third kappa shape index (κ3) is 10.7. The van der Waals surface area contributed by atoms with Crippen LogP contribution in [-0.4, -0.2) is 74.3 Å². The van der Waals surface area contributed by atoms with Crippen molar-refractivity contribution in [3.8, 4) is 0 Å². The van der Waals surface area contributed by atoms with Gasteiger partial charge in [-0.2, -0.15) is 0 Å². The summed E-state index contributed by atoms with van der Waals surface area (Å²) in [5.74, 6) is -0.490. The maximum Gasteiger partial charge on any atom is 0.408 e. The minimum absolute atomic E-state index is 0.117. The van der Waals surface area contributed by atoms with Gasteiger partial charge in [0.15, 0.2) is 0 Å². The number of benzene rings is 1. The zero-order valence-corrected chi connectivity index (χ0v) is 20.0. The van der Waals surface area contributed by atoms with Crippen molar-refractivity contribution in [2.24, 2.45) is 5.92 Å². The molecule has 0 aromatic heterocycles. The Morgan fingerprint density at radius 3 is 2.39 bits per heavy atom. The van der Waals surface area contributed by atoms with E-state index in [2.05, 4.69) is 20.9 Å². The fourth-order valence-corrected chi connectivity index (χ4v) is 3.48. The molecule has 1 aromatic carbocycles. The van der Waals surface area contributed by atoms with Crippen LogP contribution in [0, 0.1) is 5.92 Å². The van der Waals surface area contributed by atoms with Gasteiger partial charge < -0.3 is 25.4 Å². The first-order valence-electron chi connectivity index (χ1n) is 11.7. The molecular formula is C24H38N4O5. The van der Waals surface area contributed by atoms with Gasteiger partial charge in [-0.05, 0) is 37.8 Å². The molecule has 0 unspecified atom stereocenters. The van der Waals surface area contributed by atoms with E-state index < -0.39 is 24.1 Å². The van der Waals surface area contributed by atoms with Gasteiger partial charge >= 0.3 is 6.09 Å². The molecule has 2 atom stereocenters. The molecule has 184 valence electrons. The fraction of sp³-hybridized carbons (Fsp3) is 0.625. The smallest absolute Gasteiger partial charge is 0.408 e. The van der Waals surface area contributed by atoms with Crippen LogP contribution in [0.1, 0.15) is 39.2 Å². The van der Waals surface area contributed by atoms with Gasteiger partial charge in [0.25, 0.3) is 0 Å². The van der Waals surface area contributed by atoms with Crippen molar-refractivity contribution in [3.63, 3.8) is 0 Å². The second-order valence-corrected chi connectivity index (χ2v) is 8.72. The molecule has 1 heterocycles. The first-order valence-corrected chi connectivity index (χ1v) is 11.7. The van der Waals surface area contributed by atoms with Gasteiger partial charge in [-0.15, -0.1) is 0 Å². The number of hydrogen-bond acceptors (Lipinski definition) is 6. The Bertz CT molecular complexity index is 738. The lowest BCUT2D eigenvalue weighted by molar-refractivity contribution is -0.129. The SMILES string of the molecule is CC(C)C[C@H](NC(=O)OCc1ccccc1)C(=O)N[C@@H](C)C(=O)NCCCN1CCOCC1. The van der Waals surface area contributed by atoms with E-state index in [1.165, 1.54) is 0 Å². The van der Waals surface area contributed by atoms with Gasteiger partial charge in [-0.1, -0.05) is 44.2 Å². The summed E-state index contributed by atoms with van der Waals surface area (Å²) in [7, 11) is 0. The van der Waals surface area contributed by atoms with Gasteiger partial charge in [0.2, 0.25) is 11.8 Å². The first-order chi connectivity index (χ1) is 15.8. The number of morpholine rings is 1. The highest BCUT2D eigenvalue weighted by Gasteiger charge is 2.25. The Labute approximate surface area is 196 Å². The summed E-state index contributed by atoms with van der Waals surface area (Å²) in [4.78, 5) is 39.7. The molecule has 9 nitrogen and oxygen atoms in total. The van der Waals surface area contributed by atoms with Crippen LogP contribution < -0.4 is 16.0 Å². The lowest BCUT2D eigenvalue weighted by atomic mass is 10.0. The maximum absolute atomic E-state index is 12.8. The van der Waals surface area contributed by atoms with Crippen LogP contribution in [0.4, 0.5) is 4.79 Å². The molecule has 3 amide bonds. The van der Waals surface area contributed by atoms with Crippen LogP contribution in [0.2, 0.25) is 0 Å². The minimum Gasteiger partial charge on any atom is -0.445 e. The standard InChI is InChI=1S/C24H38N4O5/c1-18(2)16-21(27-24(31)33-17-20-8-5-4-6-9-20)23(30)26-19(3)22(29)25-10-7-11-28-12-14-32-15-13-28/h4-6,8-9,18-19,21H,7,10-17H2,1-3H3,(H,25,29)(H,26,30)(H,27,31)/t19-,21-/m0/s1. The number of nitrogens with one attached hydrogen (secondary N) is 3. The summed E-state index contributed by atoms with van der Waals surface area (Å²) in [6, 6.07) is 7.82. The van der Waals surface area contributed by atoms with E-state index in [9.17, 15) is 14.4 Å². The molecule has 1 aliphatic rings. The third-order valence-corrected chi connectivity index (χ3v) is 5.33. The molecule has 1 saturated heterocycles. The van der Waals surface area contributed by atoms with Crippen LogP contribution in [0.15, 0.2) is 30.3 Å². The highest BCUT2D eigenvalue weighted by atomic mass is 16.5. The van der Waals surface area contributed by atoms with Crippen molar-refractivity contribution < 1.29 is 23.9 Å². The predicted octanol–water partition coefficient (Wildman–Crippen LogP) is 1.67. The normalized spacial score (nSPS) is 16.0.